The van der Waals surface area contributed by atoms with Gasteiger partial charge < -0.3 is 15.4 Å². The lowest BCUT2D eigenvalue weighted by Crippen LogP contribution is -2.04. The molecular weight excluding hydrogens is 324 g/mol. The standard InChI is InChI=1S/C21H24N4O/c1-13-10-14(2)20(15(3)11-13)25-21-22-16(4)12-19(24-21)23-17-6-8-18(26-5)9-7-17/h6-12H,1-5H3,(H2,22,23,24,25). The van der Waals surface area contributed by atoms with E-state index < -0.39 is 0 Å². The summed E-state index contributed by atoms with van der Waals surface area (Å²) in [5, 5.41) is 6.68. The van der Waals surface area contributed by atoms with Crippen LogP contribution >= 0.6 is 0 Å². The molecule has 5 nitrogen and oxygen atoms in total. The largest absolute Gasteiger partial charge is 0.497 e. The molecule has 26 heavy (non-hydrogen) atoms. The van der Waals surface area contributed by atoms with E-state index in [2.05, 4.69) is 53.5 Å². The zero-order chi connectivity index (χ0) is 18.7. The van der Waals surface area contributed by atoms with E-state index in [1.165, 1.54) is 16.7 Å². The van der Waals surface area contributed by atoms with Crippen molar-refractivity contribution in [2.45, 2.75) is 27.7 Å². The van der Waals surface area contributed by atoms with Crippen molar-refractivity contribution in [1.82, 2.24) is 9.97 Å². The highest BCUT2D eigenvalue weighted by atomic mass is 16.5. The van der Waals surface area contributed by atoms with Crippen LogP contribution in [0.4, 0.5) is 23.1 Å². The first kappa shape index (κ1) is 17.7. The van der Waals surface area contributed by atoms with Gasteiger partial charge in [-0.1, -0.05) is 17.7 Å². The average Bonchev–Trinajstić information content (AvgIpc) is 2.58. The number of ether oxygens (including phenoxy) is 1. The molecule has 134 valence electrons. The third-order valence-corrected chi connectivity index (χ3v) is 4.13. The van der Waals surface area contributed by atoms with Crippen molar-refractivity contribution < 1.29 is 4.74 Å². The zero-order valence-electron chi connectivity index (χ0n) is 15.8. The minimum Gasteiger partial charge on any atom is -0.497 e. The summed E-state index contributed by atoms with van der Waals surface area (Å²) in [5.74, 6) is 2.14. The van der Waals surface area contributed by atoms with Gasteiger partial charge in [-0.2, -0.15) is 4.98 Å². The molecule has 0 amide bonds. The second-order valence-electron chi connectivity index (χ2n) is 6.47. The van der Waals surface area contributed by atoms with E-state index in [0.717, 1.165) is 28.6 Å². The highest BCUT2D eigenvalue weighted by Gasteiger charge is 2.08. The highest BCUT2D eigenvalue weighted by Crippen LogP contribution is 2.26. The Kier molecular flexibility index (Phi) is 5.07. The Balaban J connectivity index is 1.85. The van der Waals surface area contributed by atoms with Crippen LogP contribution in [-0.2, 0) is 0 Å². The Morgan fingerprint density at radius 1 is 0.808 bits per heavy atom. The normalized spacial score (nSPS) is 10.5. The lowest BCUT2D eigenvalue weighted by molar-refractivity contribution is 0.415. The summed E-state index contributed by atoms with van der Waals surface area (Å²) in [7, 11) is 1.66. The molecule has 1 aromatic heterocycles. The van der Waals surface area contributed by atoms with Crippen LogP contribution in [0.25, 0.3) is 0 Å². The van der Waals surface area contributed by atoms with Gasteiger partial charge in [0.05, 0.1) is 7.11 Å². The fourth-order valence-electron chi connectivity index (χ4n) is 3.00. The summed E-state index contributed by atoms with van der Waals surface area (Å²) in [6.07, 6.45) is 0. The monoisotopic (exact) mass is 348 g/mol. The molecule has 0 aliphatic rings. The molecule has 0 fully saturated rings. The van der Waals surface area contributed by atoms with Crippen LogP contribution in [0.3, 0.4) is 0 Å². The Labute approximate surface area is 154 Å². The van der Waals surface area contributed by atoms with Crippen molar-refractivity contribution in [2.24, 2.45) is 0 Å². The van der Waals surface area contributed by atoms with Gasteiger partial charge in [-0.25, -0.2) is 4.98 Å². The van der Waals surface area contributed by atoms with E-state index in [0.29, 0.717) is 5.95 Å². The van der Waals surface area contributed by atoms with Gasteiger partial charge in [0, 0.05) is 23.1 Å². The van der Waals surface area contributed by atoms with Gasteiger partial charge >= 0.3 is 0 Å². The number of rotatable bonds is 5. The molecular formula is C21H24N4O. The van der Waals surface area contributed by atoms with Crippen LogP contribution in [0.2, 0.25) is 0 Å². The maximum absolute atomic E-state index is 5.19. The predicted octanol–water partition coefficient (Wildman–Crippen LogP) is 5.21. The van der Waals surface area contributed by atoms with E-state index in [9.17, 15) is 0 Å². The fourth-order valence-corrected chi connectivity index (χ4v) is 3.00. The van der Waals surface area contributed by atoms with Crippen LogP contribution in [0.1, 0.15) is 22.4 Å². The molecule has 5 heteroatoms. The number of hydrogen-bond donors (Lipinski definition) is 2. The van der Waals surface area contributed by atoms with Crippen molar-refractivity contribution in [2.75, 3.05) is 17.7 Å². The Morgan fingerprint density at radius 3 is 2.08 bits per heavy atom. The van der Waals surface area contributed by atoms with Crippen LogP contribution in [0.5, 0.6) is 5.75 Å². The third kappa shape index (κ3) is 4.11. The smallest absolute Gasteiger partial charge is 0.229 e. The van der Waals surface area contributed by atoms with Gasteiger partial charge in [0.15, 0.2) is 0 Å². The minimum absolute atomic E-state index is 0.580. The molecule has 0 saturated heterocycles. The molecule has 2 aromatic carbocycles. The summed E-state index contributed by atoms with van der Waals surface area (Å²) in [4.78, 5) is 9.13. The Bertz CT molecular complexity index is 897. The maximum Gasteiger partial charge on any atom is 0.229 e. The maximum atomic E-state index is 5.19. The van der Waals surface area contributed by atoms with Gasteiger partial charge in [0.2, 0.25) is 5.95 Å². The number of hydrogen-bond acceptors (Lipinski definition) is 5. The second kappa shape index (κ2) is 7.44. The summed E-state index contributed by atoms with van der Waals surface area (Å²) < 4.78 is 5.19. The molecule has 1 heterocycles. The molecule has 0 aliphatic carbocycles. The van der Waals surface area contributed by atoms with Crippen LogP contribution in [-0.4, -0.2) is 17.1 Å². The Hall–Kier alpha value is -3.08. The SMILES string of the molecule is COc1ccc(Nc2cc(C)nc(Nc3c(C)cc(C)cc3C)n2)cc1. The van der Waals surface area contributed by atoms with E-state index in [-0.39, 0.29) is 0 Å². The first-order chi connectivity index (χ1) is 12.4. The number of methoxy groups -OCH3 is 1. The van der Waals surface area contributed by atoms with Gasteiger partial charge in [0.25, 0.3) is 0 Å². The van der Waals surface area contributed by atoms with Crippen molar-refractivity contribution >= 4 is 23.1 Å². The van der Waals surface area contributed by atoms with Gasteiger partial charge in [0.1, 0.15) is 11.6 Å². The summed E-state index contributed by atoms with van der Waals surface area (Å²) >= 11 is 0. The lowest BCUT2D eigenvalue weighted by atomic mass is 10.1. The molecule has 0 aliphatic heterocycles. The highest BCUT2D eigenvalue weighted by molar-refractivity contribution is 5.65. The van der Waals surface area contributed by atoms with E-state index in [1.54, 1.807) is 7.11 Å². The molecule has 0 saturated carbocycles. The number of benzene rings is 2. The molecule has 2 N–H and O–H groups in total. The van der Waals surface area contributed by atoms with Crippen molar-refractivity contribution in [3.63, 3.8) is 0 Å². The van der Waals surface area contributed by atoms with Gasteiger partial charge in [-0.3, -0.25) is 0 Å². The summed E-state index contributed by atoms with van der Waals surface area (Å²) in [5.41, 5.74) is 6.49. The molecule has 0 unspecified atom stereocenters. The van der Waals surface area contributed by atoms with E-state index in [1.807, 2.05) is 37.3 Å². The van der Waals surface area contributed by atoms with Gasteiger partial charge in [-0.05, 0) is 63.1 Å². The van der Waals surface area contributed by atoms with E-state index >= 15 is 0 Å². The zero-order valence-corrected chi connectivity index (χ0v) is 15.8. The summed E-state index contributed by atoms with van der Waals surface area (Å²) in [6, 6.07) is 14.0. The Morgan fingerprint density at radius 2 is 1.46 bits per heavy atom. The number of nitrogens with one attached hydrogen (secondary N) is 2. The quantitative estimate of drug-likeness (QED) is 0.663. The molecule has 3 aromatic rings. The van der Waals surface area contributed by atoms with Crippen molar-refractivity contribution in [3.05, 3.63) is 64.8 Å². The molecule has 0 spiro atoms. The van der Waals surface area contributed by atoms with Crippen LogP contribution in [0.15, 0.2) is 42.5 Å². The topological polar surface area (TPSA) is 59.1 Å². The number of nitrogens with zero attached hydrogens (tertiary/aromatic N) is 2. The molecule has 0 atom stereocenters. The minimum atomic E-state index is 0.580. The van der Waals surface area contributed by atoms with Gasteiger partial charge in [-0.15, -0.1) is 0 Å². The van der Waals surface area contributed by atoms with Crippen molar-refractivity contribution in [3.8, 4) is 5.75 Å². The number of aromatic nitrogens is 2. The number of anilines is 4. The first-order valence-corrected chi connectivity index (χ1v) is 8.56. The predicted molar refractivity (Wildman–Crippen MR) is 107 cm³/mol. The molecule has 0 radical (unpaired) electrons. The van der Waals surface area contributed by atoms with Crippen LogP contribution < -0.4 is 15.4 Å². The third-order valence-electron chi connectivity index (χ3n) is 4.13. The summed E-state index contributed by atoms with van der Waals surface area (Å²) in [6.45, 7) is 8.24. The second-order valence-corrected chi connectivity index (χ2v) is 6.47. The van der Waals surface area contributed by atoms with Crippen LogP contribution in [0, 0.1) is 27.7 Å². The average molecular weight is 348 g/mol. The number of aryl methyl sites for hydroxylation is 4. The fraction of sp³-hybridized carbons (Fsp3) is 0.238. The lowest BCUT2D eigenvalue weighted by Gasteiger charge is -2.14. The molecule has 0 bridgehead atoms. The van der Waals surface area contributed by atoms with E-state index in [4.69, 9.17) is 4.74 Å². The molecule has 3 rings (SSSR count). The first-order valence-electron chi connectivity index (χ1n) is 8.56. The van der Waals surface area contributed by atoms with Crippen molar-refractivity contribution in [1.29, 1.82) is 0 Å².